The van der Waals surface area contributed by atoms with Crippen LogP contribution in [0.4, 0.5) is 0 Å². The van der Waals surface area contributed by atoms with Gasteiger partial charge in [0.1, 0.15) is 0 Å². The van der Waals surface area contributed by atoms with Crippen molar-refractivity contribution in [2.75, 3.05) is 0 Å². The first-order chi connectivity index (χ1) is 7.56. The number of hydrogen-bond donors (Lipinski definition) is 1. The lowest BCUT2D eigenvalue weighted by atomic mass is 9.93. The highest BCUT2D eigenvalue weighted by Crippen LogP contribution is 2.59. The molecular formula is C15H20O. The number of aliphatic hydroxyl groups is 1. The Morgan fingerprint density at radius 3 is 2.44 bits per heavy atom. The number of benzene rings is 1. The molecule has 1 nitrogen and oxygen atoms in total. The van der Waals surface area contributed by atoms with Gasteiger partial charge >= 0.3 is 0 Å². The van der Waals surface area contributed by atoms with Crippen LogP contribution in [0, 0.1) is 11.3 Å². The average Bonchev–Trinajstić information content (AvgIpc) is 2.80. The molecule has 16 heavy (non-hydrogen) atoms. The van der Waals surface area contributed by atoms with E-state index in [1.165, 1.54) is 11.1 Å². The molecule has 1 aromatic carbocycles. The van der Waals surface area contributed by atoms with E-state index in [0.29, 0.717) is 5.92 Å². The van der Waals surface area contributed by atoms with Gasteiger partial charge in [-0.1, -0.05) is 56.3 Å². The lowest BCUT2D eigenvalue weighted by molar-refractivity contribution is 0.0922. The first-order valence-electron chi connectivity index (χ1n) is 5.98. The van der Waals surface area contributed by atoms with E-state index in [4.69, 9.17) is 0 Å². The van der Waals surface area contributed by atoms with Crippen LogP contribution in [0.25, 0.3) is 0 Å². The van der Waals surface area contributed by atoms with Gasteiger partial charge in [-0.15, -0.1) is 0 Å². The summed E-state index contributed by atoms with van der Waals surface area (Å²) in [5.41, 5.74) is 2.46. The van der Waals surface area contributed by atoms with E-state index >= 15 is 0 Å². The Bertz CT molecular complexity index is 382. The van der Waals surface area contributed by atoms with Crippen molar-refractivity contribution in [3.63, 3.8) is 0 Å². The summed E-state index contributed by atoms with van der Waals surface area (Å²) in [4.78, 5) is 0. The Balaban J connectivity index is 1.90. The van der Waals surface area contributed by atoms with Gasteiger partial charge < -0.3 is 5.11 Å². The highest BCUT2D eigenvalue weighted by Gasteiger charge is 2.55. The predicted molar refractivity (Wildman–Crippen MR) is 67.2 cm³/mol. The molecule has 0 unspecified atom stereocenters. The standard InChI is InChI=1S/C15H20O/c1-11-12(2)15(11,3)14(16)10-9-13-7-5-4-6-8-13/h4-8,12,14,16H,1,9-10H2,2-3H3/t12-,14-,15-/m0/s1. The summed E-state index contributed by atoms with van der Waals surface area (Å²) in [7, 11) is 0. The number of hydrogen-bond acceptors (Lipinski definition) is 1. The largest absolute Gasteiger partial charge is 0.392 e. The lowest BCUT2D eigenvalue weighted by Crippen LogP contribution is -2.21. The molecule has 0 amide bonds. The maximum Gasteiger partial charge on any atom is 0.0639 e. The van der Waals surface area contributed by atoms with Crippen molar-refractivity contribution in [1.82, 2.24) is 0 Å². The van der Waals surface area contributed by atoms with E-state index in [2.05, 4.69) is 32.6 Å². The Hall–Kier alpha value is -1.08. The van der Waals surface area contributed by atoms with Gasteiger partial charge in [0.2, 0.25) is 0 Å². The summed E-state index contributed by atoms with van der Waals surface area (Å²) in [6.45, 7) is 8.28. The zero-order valence-corrected chi connectivity index (χ0v) is 10.1. The van der Waals surface area contributed by atoms with Crippen molar-refractivity contribution in [3.8, 4) is 0 Å². The average molecular weight is 216 g/mol. The summed E-state index contributed by atoms with van der Waals surface area (Å²) >= 11 is 0. The number of aryl methyl sites for hydroxylation is 1. The summed E-state index contributed by atoms with van der Waals surface area (Å²) in [6, 6.07) is 10.3. The van der Waals surface area contributed by atoms with Crippen molar-refractivity contribution < 1.29 is 5.11 Å². The predicted octanol–water partition coefficient (Wildman–Crippen LogP) is 3.19. The van der Waals surface area contributed by atoms with E-state index in [1.807, 2.05) is 18.2 Å². The first kappa shape index (κ1) is 11.4. The van der Waals surface area contributed by atoms with Crippen LogP contribution in [0.1, 0.15) is 25.8 Å². The van der Waals surface area contributed by atoms with Gasteiger partial charge in [-0.05, 0) is 24.3 Å². The monoisotopic (exact) mass is 216 g/mol. The van der Waals surface area contributed by atoms with Crippen molar-refractivity contribution in [1.29, 1.82) is 0 Å². The maximum atomic E-state index is 10.2. The van der Waals surface area contributed by atoms with Crippen molar-refractivity contribution in [2.24, 2.45) is 11.3 Å². The minimum Gasteiger partial charge on any atom is -0.392 e. The Morgan fingerprint density at radius 1 is 1.38 bits per heavy atom. The van der Waals surface area contributed by atoms with Gasteiger partial charge in [-0.25, -0.2) is 0 Å². The molecule has 0 radical (unpaired) electrons. The van der Waals surface area contributed by atoms with Crippen LogP contribution in [-0.4, -0.2) is 11.2 Å². The fraction of sp³-hybridized carbons (Fsp3) is 0.467. The molecule has 1 aromatic rings. The van der Waals surface area contributed by atoms with Crippen LogP contribution in [0.3, 0.4) is 0 Å². The molecule has 0 saturated heterocycles. The minimum absolute atomic E-state index is 0.0330. The molecule has 1 heteroatoms. The van der Waals surface area contributed by atoms with E-state index in [0.717, 1.165) is 12.8 Å². The third-order valence-corrected chi connectivity index (χ3v) is 4.27. The van der Waals surface area contributed by atoms with Crippen LogP contribution in [0.15, 0.2) is 42.5 Å². The molecule has 0 aliphatic heterocycles. The molecular weight excluding hydrogens is 196 g/mol. The lowest BCUT2D eigenvalue weighted by Gasteiger charge is -2.18. The van der Waals surface area contributed by atoms with Gasteiger partial charge in [-0.3, -0.25) is 0 Å². The third kappa shape index (κ3) is 1.80. The smallest absolute Gasteiger partial charge is 0.0639 e. The Kier molecular flexibility index (Phi) is 2.90. The maximum absolute atomic E-state index is 10.2. The quantitative estimate of drug-likeness (QED) is 0.766. The van der Waals surface area contributed by atoms with Crippen molar-refractivity contribution >= 4 is 0 Å². The molecule has 0 aromatic heterocycles. The molecule has 1 saturated carbocycles. The van der Waals surface area contributed by atoms with E-state index in [1.54, 1.807) is 0 Å². The van der Waals surface area contributed by atoms with Gasteiger partial charge in [-0.2, -0.15) is 0 Å². The molecule has 1 fully saturated rings. The molecule has 1 aliphatic rings. The van der Waals surface area contributed by atoms with Gasteiger partial charge in [0.25, 0.3) is 0 Å². The normalized spacial score (nSPS) is 30.2. The second kappa shape index (κ2) is 4.06. The summed E-state index contributed by atoms with van der Waals surface area (Å²) in [5.74, 6) is 0.471. The topological polar surface area (TPSA) is 20.2 Å². The molecule has 0 heterocycles. The van der Waals surface area contributed by atoms with Crippen LogP contribution < -0.4 is 0 Å². The van der Waals surface area contributed by atoms with Crippen LogP contribution in [0.2, 0.25) is 0 Å². The SMILES string of the molecule is C=C1[C@H](C)[C@@]1(C)[C@@H](O)CCc1ccccc1. The van der Waals surface area contributed by atoms with Crippen LogP contribution >= 0.6 is 0 Å². The molecule has 1 N–H and O–H groups in total. The molecule has 1 aliphatic carbocycles. The number of aliphatic hydroxyl groups excluding tert-OH is 1. The molecule has 3 atom stereocenters. The highest BCUT2D eigenvalue weighted by atomic mass is 16.3. The fourth-order valence-electron chi connectivity index (χ4n) is 2.49. The summed E-state index contributed by atoms with van der Waals surface area (Å²) in [5, 5.41) is 10.2. The zero-order chi connectivity index (χ0) is 11.8. The second-order valence-electron chi connectivity index (χ2n) is 5.07. The van der Waals surface area contributed by atoms with Crippen LogP contribution in [-0.2, 0) is 6.42 Å². The molecule has 0 bridgehead atoms. The zero-order valence-electron chi connectivity index (χ0n) is 10.1. The number of rotatable bonds is 4. The fourth-order valence-corrected chi connectivity index (χ4v) is 2.49. The van der Waals surface area contributed by atoms with E-state index < -0.39 is 0 Å². The molecule has 0 spiro atoms. The Labute approximate surface area is 97.8 Å². The van der Waals surface area contributed by atoms with E-state index in [-0.39, 0.29) is 11.5 Å². The third-order valence-electron chi connectivity index (χ3n) is 4.27. The summed E-state index contributed by atoms with van der Waals surface area (Å²) in [6.07, 6.45) is 1.51. The second-order valence-corrected chi connectivity index (χ2v) is 5.07. The van der Waals surface area contributed by atoms with Gasteiger partial charge in [0, 0.05) is 5.41 Å². The first-order valence-corrected chi connectivity index (χ1v) is 5.98. The van der Waals surface area contributed by atoms with Crippen molar-refractivity contribution in [3.05, 3.63) is 48.0 Å². The highest BCUT2D eigenvalue weighted by molar-refractivity contribution is 5.35. The van der Waals surface area contributed by atoms with Gasteiger partial charge in [0.05, 0.1) is 6.10 Å². The molecule has 2 rings (SSSR count). The molecule has 86 valence electrons. The van der Waals surface area contributed by atoms with Gasteiger partial charge in [0.15, 0.2) is 0 Å². The van der Waals surface area contributed by atoms with E-state index in [9.17, 15) is 5.11 Å². The van der Waals surface area contributed by atoms with Crippen molar-refractivity contribution in [2.45, 2.75) is 32.8 Å². The Morgan fingerprint density at radius 2 is 1.94 bits per heavy atom. The summed E-state index contributed by atoms with van der Waals surface area (Å²) < 4.78 is 0. The van der Waals surface area contributed by atoms with Crippen LogP contribution in [0.5, 0.6) is 0 Å². The minimum atomic E-state index is -0.254.